The van der Waals surface area contributed by atoms with Crippen molar-refractivity contribution in [2.75, 3.05) is 23.3 Å². The lowest BCUT2D eigenvalue weighted by Crippen LogP contribution is -2.34. The summed E-state index contributed by atoms with van der Waals surface area (Å²) in [7, 11) is 0. The van der Waals surface area contributed by atoms with Crippen molar-refractivity contribution < 1.29 is 4.79 Å². The number of nitrogens with zero attached hydrogens (tertiary/aromatic N) is 1. The Kier molecular flexibility index (Phi) is 6.48. The Bertz CT molecular complexity index is 786. The van der Waals surface area contributed by atoms with E-state index in [1.165, 1.54) is 18.5 Å². The quantitative estimate of drug-likeness (QED) is 0.497. The van der Waals surface area contributed by atoms with E-state index in [4.69, 9.17) is 12.2 Å². The van der Waals surface area contributed by atoms with Gasteiger partial charge in [-0.1, -0.05) is 19.1 Å². The van der Waals surface area contributed by atoms with Crippen molar-refractivity contribution in [1.29, 1.82) is 0 Å². The van der Waals surface area contributed by atoms with Crippen LogP contribution in [0.1, 0.15) is 30.1 Å². The van der Waals surface area contributed by atoms with Crippen LogP contribution in [-0.4, -0.2) is 24.1 Å². The summed E-state index contributed by atoms with van der Waals surface area (Å²) in [5.74, 6) is 0.618. The molecule has 2 aromatic rings. The summed E-state index contributed by atoms with van der Waals surface area (Å²) in [6, 6.07) is 15.6. The SMILES string of the molecule is CC1CCN(c2ccc(NC(=S)NC(=O)c3ccccc3I)cc2)CC1. The molecular formula is C20H22IN3OS. The second-order valence-corrected chi connectivity index (χ2v) is 8.17. The number of anilines is 2. The maximum atomic E-state index is 12.3. The van der Waals surface area contributed by atoms with Crippen molar-refractivity contribution in [3.63, 3.8) is 0 Å². The number of benzene rings is 2. The fourth-order valence-corrected chi connectivity index (χ4v) is 3.84. The van der Waals surface area contributed by atoms with Crippen LogP contribution in [0.3, 0.4) is 0 Å². The zero-order valence-corrected chi connectivity index (χ0v) is 17.6. The van der Waals surface area contributed by atoms with Gasteiger partial charge < -0.3 is 10.2 Å². The Morgan fingerprint density at radius 3 is 2.42 bits per heavy atom. The minimum Gasteiger partial charge on any atom is -0.372 e. The van der Waals surface area contributed by atoms with E-state index in [2.05, 4.69) is 57.2 Å². The first-order chi connectivity index (χ1) is 12.5. The van der Waals surface area contributed by atoms with E-state index in [9.17, 15) is 4.79 Å². The van der Waals surface area contributed by atoms with Crippen LogP contribution in [0.4, 0.5) is 11.4 Å². The van der Waals surface area contributed by atoms with Crippen molar-refractivity contribution in [1.82, 2.24) is 5.32 Å². The molecule has 4 nitrogen and oxygen atoms in total. The van der Waals surface area contributed by atoms with E-state index in [1.54, 1.807) is 6.07 Å². The molecule has 1 amide bonds. The highest BCUT2D eigenvalue weighted by Crippen LogP contribution is 2.24. The molecule has 26 heavy (non-hydrogen) atoms. The van der Waals surface area contributed by atoms with E-state index in [0.717, 1.165) is 28.3 Å². The molecule has 1 fully saturated rings. The molecule has 0 atom stereocenters. The summed E-state index contributed by atoms with van der Waals surface area (Å²) in [5, 5.41) is 6.11. The third kappa shape index (κ3) is 4.94. The lowest BCUT2D eigenvalue weighted by Gasteiger charge is -2.32. The second kappa shape index (κ2) is 8.81. The smallest absolute Gasteiger partial charge is 0.258 e. The van der Waals surface area contributed by atoms with Crippen molar-refractivity contribution >= 4 is 57.2 Å². The number of rotatable bonds is 3. The maximum absolute atomic E-state index is 12.3. The van der Waals surface area contributed by atoms with E-state index in [1.807, 2.05) is 30.3 Å². The molecule has 0 bridgehead atoms. The molecule has 2 N–H and O–H groups in total. The summed E-state index contributed by atoms with van der Waals surface area (Å²) in [4.78, 5) is 14.7. The minimum atomic E-state index is -0.202. The number of carbonyl (C=O) groups is 1. The molecule has 2 aromatic carbocycles. The van der Waals surface area contributed by atoms with Gasteiger partial charge in [0.15, 0.2) is 5.11 Å². The van der Waals surface area contributed by atoms with Crippen LogP contribution < -0.4 is 15.5 Å². The van der Waals surface area contributed by atoms with Crippen LogP contribution in [0, 0.1) is 9.49 Å². The average Bonchev–Trinajstić information content (AvgIpc) is 2.63. The number of hydrogen-bond donors (Lipinski definition) is 2. The van der Waals surface area contributed by atoms with E-state index in [-0.39, 0.29) is 5.91 Å². The van der Waals surface area contributed by atoms with Gasteiger partial charge in [-0.05, 0) is 90.0 Å². The Morgan fingerprint density at radius 1 is 1.12 bits per heavy atom. The first-order valence-electron chi connectivity index (χ1n) is 8.75. The third-order valence-corrected chi connectivity index (χ3v) is 5.76. The van der Waals surface area contributed by atoms with Gasteiger partial charge >= 0.3 is 0 Å². The van der Waals surface area contributed by atoms with E-state index in [0.29, 0.717) is 10.7 Å². The fraction of sp³-hybridized carbons (Fsp3) is 0.300. The minimum absolute atomic E-state index is 0.202. The summed E-state index contributed by atoms with van der Waals surface area (Å²) >= 11 is 7.41. The molecule has 0 aromatic heterocycles. The first-order valence-corrected chi connectivity index (χ1v) is 10.2. The van der Waals surface area contributed by atoms with Crippen LogP contribution in [-0.2, 0) is 0 Å². The molecular weight excluding hydrogens is 457 g/mol. The molecule has 0 saturated carbocycles. The van der Waals surface area contributed by atoms with Gasteiger partial charge in [-0.25, -0.2) is 0 Å². The Balaban J connectivity index is 1.56. The van der Waals surface area contributed by atoms with Crippen LogP contribution >= 0.6 is 34.8 Å². The highest BCUT2D eigenvalue weighted by molar-refractivity contribution is 14.1. The molecule has 0 unspecified atom stereocenters. The van der Waals surface area contributed by atoms with Crippen LogP contribution in [0.5, 0.6) is 0 Å². The first kappa shape index (κ1) is 19.1. The average molecular weight is 479 g/mol. The van der Waals surface area contributed by atoms with Crippen molar-refractivity contribution in [2.45, 2.75) is 19.8 Å². The standard InChI is InChI=1S/C20H22IN3OS/c1-14-10-12-24(13-11-14)16-8-6-15(7-9-16)22-20(26)23-19(25)17-4-2-3-5-18(17)21/h2-9,14H,10-13H2,1H3,(H2,22,23,25,26). The van der Waals surface area contributed by atoms with E-state index >= 15 is 0 Å². The zero-order chi connectivity index (χ0) is 18.5. The topological polar surface area (TPSA) is 44.4 Å². The fourth-order valence-electron chi connectivity index (χ4n) is 3.00. The van der Waals surface area contributed by atoms with Gasteiger partial charge in [-0.3, -0.25) is 10.1 Å². The second-order valence-electron chi connectivity index (χ2n) is 6.60. The molecule has 0 radical (unpaired) electrons. The highest BCUT2D eigenvalue weighted by atomic mass is 127. The number of hydrogen-bond acceptors (Lipinski definition) is 3. The lowest BCUT2D eigenvalue weighted by atomic mass is 9.99. The number of piperidine rings is 1. The van der Waals surface area contributed by atoms with Crippen molar-refractivity contribution in [3.05, 3.63) is 57.7 Å². The predicted octanol–water partition coefficient (Wildman–Crippen LogP) is 4.65. The Hall–Kier alpha value is -1.67. The summed E-state index contributed by atoms with van der Waals surface area (Å²) in [6.45, 7) is 4.53. The van der Waals surface area contributed by atoms with Gasteiger partial charge in [0.1, 0.15) is 0 Å². The molecule has 0 aliphatic carbocycles. The van der Waals surface area contributed by atoms with Crippen LogP contribution in [0.25, 0.3) is 0 Å². The van der Waals surface area contributed by atoms with Gasteiger partial charge in [0.05, 0.1) is 5.56 Å². The van der Waals surface area contributed by atoms with Crippen molar-refractivity contribution in [2.24, 2.45) is 5.92 Å². The summed E-state index contributed by atoms with van der Waals surface area (Å²) < 4.78 is 0.894. The molecule has 1 heterocycles. The van der Waals surface area contributed by atoms with Gasteiger partial charge in [0, 0.05) is 28.0 Å². The monoisotopic (exact) mass is 479 g/mol. The lowest BCUT2D eigenvalue weighted by molar-refractivity contribution is 0.0977. The number of amides is 1. The van der Waals surface area contributed by atoms with Crippen LogP contribution in [0.15, 0.2) is 48.5 Å². The number of thiocarbonyl (C=S) groups is 1. The molecule has 1 aliphatic heterocycles. The van der Waals surface area contributed by atoms with E-state index < -0.39 is 0 Å². The summed E-state index contributed by atoms with van der Waals surface area (Å²) in [6.07, 6.45) is 2.49. The number of carbonyl (C=O) groups excluding carboxylic acids is 1. The van der Waals surface area contributed by atoms with Crippen molar-refractivity contribution in [3.8, 4) is 0 Å². The molecule has 0 spiro atoms. The molecule has 136 valence electrons. The maximum Gasteiger partial charge on any atom is 0.258 e. The normalized spacial score (nSPS) is 14.8. The number of halogens is 1. The zero-order valence-electron chi connectivity index (χ0n) is 14.7. The van der Waals surface area contributed by atoms with Gasteiger partial charge in [-0.2, -0.15) is 0 Å². The van der Waals surface area contributed by atoms with Gasteiger partial charge in [0.2, 0.25) is 0 Å². The molecule has 6 heteroatoms. The predicted molar refractivity (Wildman–Crippen MR) is 120 cm³/mol. The van der Waals surface area contributed by atoms with Crippen LogP contribution in [0.2, 0.25) is 0 Å². The van der Waals surface area contributed by atoms with Gasteiger partial charge in [0.25, 0.3) is 5.91 Å². The van der Waals surface area contributed by atoms with Gasteiger partial charge in [-0.15, -0.1) is 0 Å². The largest absolute Gasteiger partial charge is 0.372 e. The molecule has 3 rings (SSSR count). The Morgan fingerprint density at radius 2 is 1.77 bits per heavy atom. The number of nitrogens with one attached hydrogen (secondary N) is 2. The molecule has 1 saturated heterocycles. The highest BCUT2D eigenvalue weighted by Gasteiger charge is 2.16. The summed E-state index contributed by atoms with van der Waals surface area (Å²) in [5.41, 5.74) is 2.72. The third-order valence-electron chi connectivity index (χ3n) is 4.62. The molecule has 1 aliphatic rings. The Labute approximate surface area is 173 Å².